The molecule has 2 bridgehead atoms. The van der Waals surface area contributed by atoms with Gasteiger partial charge in [-0.2, -0.15) is 0 Å². The van der Waals surface area contributed by atoms with Gasteiger partial charge < -0.3 is 24.4 Å². The average molecular weight is 527 g/mol. The number of hydrogen-bond acceptors (Lipinski definition) is 6. The highest BCUT2D eigenvalue weighted by Crippen LogP contribution is 2.60. The summed E-state index contributed by atoms with van der Waals surface area (Å²) in [6.07, 6.45) is 3.40. The fraction of sp³-hybridized carbons (Fsp3) is 0.708. The third-order valence-corrected chi connectivity index (χ3v) is 7.88. The van der Waals surface area contributed by atoms with E-state index in [0.717, 1.165) is 0 Å². The number of amides is 2. The van der Waals surface area contributed by atoms with E-state index in [1.807, 2.05) is 27.7 Å². The van der Waals surface area contributed by atoms with Crippen molar-refractivity contribution in [2.75, 3.05) is 19.8 Å². The van der Waals surface area contributed by atoms with E-state index in [9.17, 15) is 19.5 Å². The molecule has 3 saturated heterocycles. The first-order chi connectivity index (χ1) is 15.5. The Morgan fingerprint density at radius 3 is 2.58 bits per heavy atom. The lowest BCUT2D eigenvalue weighted by molar-refractivity contribution is -0.157. The predicted molar refractivity (Wildman–Crippen MR) is 127 cm³/mol. The number of fused-ring (bicyclic) bond motifs is 1. The second-order valence-electron chi connectivity index (χ2n) is 9.98. The van der Waals surface area contributed by atoms with Gasteiger partial charge >= 0.3 is 5.97 Å². The number of ether oxygens (including phenoxy) is 2. The van der Waals surface area contributed by atoms with Gasteiger partial charge in [0.1, 0.15) is 18.2 Å². The Morgan fingerprint density at radius 2 is 2.06 bits per heavy atom. The molecule has 8 nitrogen and oxygen atoms in total. The number of esters is 1. The second-order valence-corrected chi connectivity index (χ2v) is 11.2. The van der Waals surface area contributed by atoms with E-state index in [2.05, 4.69) is 29.1 Å². The molecule has 3 fully saturated rings. The normalized spacial score (nSPS) is 33.6. The summed E-state index contributed by atoms with van der Waals surface area (Å²) in [7, 11) is 0. The lowest BCUT2D eigenvalue weighted by Crippen LogP contribution is -2.61. The molecule has 0 aromatic heterocycles. The summed E-state index contributed by atoms with van der Waals surface area (Å²) in [4.78, 5) is 44.0. The van der Waals surface area contributed by atoms with Crippen LogP contribution < -0.4 is 0 Å². The van der Waals surface area contributed by atoms with Crippen molar-refractivity contribution in [2.45, 2.75) is 74.7 Å². The maximum Gasteiger partial charge on any atom is 0.312 e. The van der Waals surface area contributed by atoms with Gasteiger partial charge in [0.05, 0.1) is 30.6 Å². The monoisotopic (exact) mass is 526 g/mol. The molecule has 1 spiro atoms. The standard InChI is InChI=1S/C24H35BrN2O6/c1-7-10-26(23(4,5)6)21(30)19-24-12-15(25)18(33-24)16(22(31)32-11-8-2)17(24)20(29)27(19)14(9-3)13-28/h7-8,14-19,28H,1-2,9-13H2,3-6H3/t14-,15?,16-,17-,18-,19?,24?/m0/s1. The van der Waals surface area contributed by atoms with Gasteiger partial charge in [0.15, 0.2) is 0 Å². The summed E-state index contributed by atoms with van der Waals surface area (Å²) in [5.74, 6) is -2.84. The van der Waals surface area contributed by atoms with E-state index in [4.69, 9.17) is 9.47 Å². The van der Waals surface area contributed by atoms with Crippen LogP contribution in [-0.4, -0.2) is 86.6 Å². The van der Waals surface area contributed by atoms with Crippen molar-refractivity contribution in [2.24, 2.45) is 11.8 Å². The lowest BCUT2D eigenvalue weighted by Gasteiger charge is -2.43. The van der Waals surface area contributed by atoms with Crippen LogP contribution in [0, 0.1) is 11.8 Å². The Labute approximate surface area is 204 Å². The topological polar surface area (TPSA) is 96.4 Å². The van der Waals surface area contributed by atoms with Crippen LogP contribution in [0.2, 0.25) is 0 Å². The highest BCUT2D eigenvalue weighted by atomic mass is 79.9. The van der Waals surface area contributed by atoms with Gasteiger partial charge in [-0.3, -0.25) is 14.4 Å². The molecular weight excluding hydrogens is 492 g/mol. The molecule has 184 valence electrons. The summed E-state index contributed by atoms with van der Waals surface area (Å²) >= 11 is 3.63. The molecule has 2 amide bonds. The number of carbonyl (C=O) groups excluding carboxylic acids is 3. The van der Waals surface area contributed by atoms with E-state index in [1.54, 1.807) is 11.0 Å². The van der Waals surface area contributed by atoms with Crippen LogP contribution in [0.25, 0.3) is 0 Å². The number of halogens is 1. The van der Waals surface area contributed by atoms with Crippen LogP contribution in [0.15, 0.2) is 25.3 Å². The van der Waals surface area contributed by atoms with E-state index >= 15 is 0 Å². The number of nitrogens with zero attached hydrogens (tertiary/aromatic N) is 2. The van der Waals surface area contributed by atoms with Crippen molar-refractivity contribution in [1.29, 1.82) is 0 Å². The maximum absolute atomic E-state index is 14.1. The van der Waals surface area contributed by atoms with Crippen molar-refractivity contribution in [3.63, 3.8) is 0 Å². The molecule has 3 heterocycles. The largest absolute Gasteiger partial charge is 0.461 e. The lowest BCUT2D eigenvalue weighted by atomic mass is 9.70. The first-order valence-corrected chi connectivity index (χ1v) is 12.4. The molecule has 3 aliphatic rings. The molecule has 3 rings (SSSR count). The van der Waals surface area contributed by atoms with Gasteiger partial charge in [0.2, 0.25) is 11.8 Å². The molecule has 0 radical (unpaired) electrons. The SMILES string of the molecule is C=CCOC(=O)[C@H]1[C@H]2C(=O)N([C@@H](CC)CO)C(C(=O)N(CC=C)C(C)(C)C)C23CC(Br)[C@@H]1O3. The summed E-state index contributed by atoms with van der Waals surface area (Å²) in [5, 5.41) is 10.1. The Hall–Kier alpha value is -1.71. The first kappa shape index (κ1) is 25.9. The molecule has 7 atom stereocenters. The van der Waals surface area contributed by atoms with Gasteiger partial charge in [0, 0.05) is 16.9 Å². The third-order valence-electron chi connectivity index (χ3n) is 7.04. The van der Waals surface area contributed by atoms with Crippen LogP contribution in [-0.2, 0) is 23.9 Å². The molecule has 3 unspecified atom stereocenters. The first-order valence-electron chi connectivity index (χ1n) is 11.4. The number of aliphatic hydroxyl groups excluding tert-OH is 1. The molecular formula is C24H35BrN2O6. The third kappa shape index (κ3) is 4.06. The molecule has 9 heteroatoms. The van der Waals surface area contributed by atoms with Crippen LogP contribution in [0.3, 0.4) is 0 Å². The Bertz CT molecular complexity index is 822. The summed E-state index contributed by atoms with van der Waals surface area (Å²) in [6, 6.07) is -1.54. The summed E-state index contributed by atoms with van der Waals surface area (Å²) in [6.45, 7) is 15.0. The van der Waals surface area contributed by atoms with E-state index in [1.165, 1.54) is 11.0 Å². The fourth-order valence-electron chi connectivity index (χ4n) is 5.63. The Morgan fingerprint density at radius 1 is 1.39 bits per heavy atom. The molecule has 1 N–H and O–H groups in total. The number of likely N-dealkylation sites (tertiary alicyclic amines) is 1. The zero-order valence-corrected chi connectivity index (χ0v) is 21.4. The number of aliphatic hydroxyl groups is 1. The number of rotatable bonds is 9. The Balaban J connectivity index is 2.13. The van der Waals surface area contributed by atoms with Crippen molar-refractivity contribution < 1.29 is 29.0 Å². The molecule has 0 aromatic rings. The fourth-order valence-corrected chi connectivity index (χ4v) is 6.57. The average Bonchev–Trinajstić information content (AvgIpc) is 3.34. The van der Waals surface area contributed by atoms with Crippen molar-refractivity contribution in [3.05, 3.63) is 25.3 Å². The van der Waals surface area contributed by atoms with Gasteiger partial charge in [-0.25, -0.2) is 0 Å². The van der Waals surface area contributed by atoms with Gasteiger partial charge in [-0.1, -0.05) is 41.6 Å². The number of alkyl halides is 1. The van der Waals surface area contributed by atoms with E-state index in [0.29, 0.717) is 19.4 Å². The predicted octanol–water partition coefficient (Wildman–Crippen LogP) is 2.05. The minimum atomic E-state index is -1.18. The Kier molecular flexibility index (Phi) is 7.46. The summed E-state index contributed by atoms with van der Waals surface area (Å²) in [5.41, 5.74) is -1.72. The van der Waals surface area contributed by atoms with Crippen molar-refractivity contribution in [1.82, 2.24) is 9.80 Å². The van der Waals surface area contributed by atoms with Crippen LogP contribution in [0.4, 0.5) is 0 Å². The van der Waals surface area contributed by atoms with Gasteiger partial charge in [0.25, 0.3) is 0 Å². The maximum atomic E-state index is 14.1. The molecule has 0 aliphatic carbocycles. The van der Waals surface area contributed by atoms with Crippen molar-refractivity contribution in [3.8, 4) is 0 Å². The van der Waals surface area contributed by atoms with E-state index in [-0.39, 0.29) is 29.9 Å². The highest BCUT2D eigenvalue weighted by molar-refractivity contribution is 9.09. The second kappa shape index (κ2) is 9.50. The summed E-state index contributed by atoms with van der Waals surface area (Å²) < 4.78 is 11.8. The van der Waals surface area contributed by atoms with Crippen LogP contribution in [0.1, 0.15) is 40.5 Å². The zero-order valence-electron chi connectivity index (χ0n) is 19.8. The quantitative estimate of drug-likeness (QED) is 0.280. The zero-order chi connectivity index (χ0) is 24.7. The highest BCUT2D eigenvalue weighted by Gasteiger charge is 2.77. The smallest absolute Gasteiger partial charge is 0.312 e. The number of carbonyl (C=O) groups is 3. The minimum Gasteiger partial charge on any atom is -0.461 e. The molecule has 33 heavy (non-hydrogen) atoms. The molecule has 0 saturated carbocycles. The van der Waals surface area contributed by atoms with Gasteiger partial charge in [-0.15, -0.1) is 6.58 Å². The molecule has 3 aliphatic heterocycles. The van der Waals surface area contributed by atoms with Gasteiger partial charge in [-0.05, 0) is 33.6 Å². The van der Waals surface area contributed by atoms with E-state index < -0.39 is 47.1 Å². The number of hydrogen-bond donors (Lipinski definition) is 1. The van der Waals surface area contributed by atoms with Crippen LogP contribution >= 0.6 is 15.9 Å². The van der Waals surface area contributed by atoms with Crippen molar-refractivity contribution >= 4 is 33.7 Å². The minimum absolute atomic E-state index is 0.0281. The molecule has 0 aromatic carbocycles. The van der Waals surface area contributed by atoms with Crippen LogP contribution in [0.5, 0.6) is 0 Å².